The fourth-order valence-electron chi connectivity index (χ4n) is 2.11. The molecule has 1 N–H and O–H groups in total. The van der Waals surface area contributed by atoms with Crippen LogP contribution in [-0.2, 0) is 6.42 Å². The molecule has 2 heterocycles. The van der Waals surface area contributed by atoms with Gasteiger partial charge in [-0.3, -0.25) is 4.98 Å². The van der Waals surface area contributed by atoms with E-state index in [-0.39, 0.29) is 0 Å². The van der Waals surface area contributed by atoms with Gasteiger partial charge in [-0.2, -0.15) is 0 Å². The van der Waals surface area contributed by atoms with Crippen molar-refractivity contribution in [2.45, 2.75) is 32.7 Å². The highest BCUT2D eigenvalue weighted by Gasteiger charge is 2.15. The molecule has 0 radical (unpaired) electrons. The molecule has 2 aromatic heterocycles. The standard InChI is InChI=1S/C15H19ClN2S/c1-3-7-18-14(9-12-4-5-15(16)19-12)13-10-17-8-6-11(13)2/h4-6,8,10,14,18H,3,7,9H2,1-2H3. The van der Waals surface area contributed by atoms with Crippen LogP contribution >= 0.6 is 22.9 Å². The third-order valence-electron chi connectivity index (χ3n) is 3.13. The number of nitrogens with zero attached hydrogens (tertiary/aromatic N) is 1. The molecule has 1 unspecified atom stereocenters. The van der Waals surface area contributed by atoms with Crippen LogP contribution in [0.4, 0.5) is 0 Å². The Hall–Kier alpha value is -0.900. The van der Waals surface area contributed by atoms with Crippen LogP contribution in [0.1, 0.15) is 35.4 Å². The maximum atomic E-state index is 6.01. The van der Waals surface area contributed by atoms with Gasteiger partial charge in [0.2, 0.25) is 0 Å². The maximum absolute atomic E-state index is 6.01. The summed E-state index contributed by atoms with van der Waals surface area (Å²) in [6, 6.07) is 6.45. The SMILES string of the molecule is CCCNC(Cc1ccc(Cl)s1)c1cnccc1C. The minimum atomic E-state index is 0.309. The number of rotatable bonds is 6. The first-order chi connectivity index (χ1) is 9.20. The summed E-state index contributed by atoms with van der Waals surface area (Å²) >= 11 is 7.67. The van der Waals surface area contributed by atoms with Gasteiger partial charge in [-0.25, -0.2) is 0 Å². The number of hydrogen-bond donors (Lipinski definition) is 1. The molecule has 1 atom stereocenters. The minimum absolute atomic E-state index is 0.309. The van der Waals surface area contributed by atoms with E-state index >= 15 is 0 Å². The highest BCUT2D eigenvalue weighted by molar-refractivity contribution is 7.16. The molecule has 0 saturated carbocycles. The van der Waals surface area contributed by atoms with Crippen molar-refractivity contribution >= 4 is 22.9 Å². The zero-order chi connectivity index (χ0) is 13.7. The van der Waals surface area contributed by atoms with Gasteiger partial charge in [0.25, 0.3) is 0 Å². The number of thiophene rings is 1. The van der Waals surface area contributed by atoms with E-state index in [4.69, 9.17) is 11.6 Å². The number of nitrogens with one attached hydrogen (secondary N) is 1. The molecule has 0 aromatic carbocycles. The van der Waals surface area contributed by atoms with E-state index in [0.717, 1.165) is 23.7 Å². The lowest BCUT2D eigenvalue weighted by atomic mass is 10.0. The monoisotopic (exact) mass is 294 g/mol. The van der Waals surface area contributed by atoms with Crippen molar-refractivity contribution in [3.05, 3.63) is 50.9 Å². The van der Waals surface area contributed by atoms with E-state index in [2.05, 4.69) is 36.3 Å². The van der Waals surface area contributed by atoms with E-state index in [1.165, 1.54) is 16.0 Å². The third kappa shape index (κ3) is 4.03. The number of halogens is 1. The van der Waals surface area contributed by atoms with Crippen molar-refractivity contribution in [2.75, 3.05) is 6.54 Å². The quantitative estimate of drug-likeness (QED) is 0.855. The second-order valence-corrected chi connectivity index (χ2v) is 6.45. The van der Waals surface area contributed by atoms with Crippen molar-refractivity contribution in [3.63, 3.8) is 0 Å². The maximum Gasteiger partial charge on any atom is 0.0931 e. The Morgan fingerprint density at radius 1 is 1.37 bits per heavy atom. The number of aryl methyl sites for hydroxylation is 1. The predicted octanol–water partition coefficient (Wildman–Crippen LogP) is 4.39. The van der Waals surface area contributed by atoms with Gasteiger partial charge >= 0.3 is 0 Å². The van der Waals surface area contributed by atoms with Crippen molar-refractivity contribution in [2.24, 2.45) is 0 Å². The number of aromatic nitrogens is 1. The Morgan fingerprint density at radius 2 is 2.21 bits per heavy atom. The summed E-state index contributed by atoms with van der Waals surface area (Å²) in [5.74, 6) is 0. The Bertz CT molecular complexity index is 524. The first kappa shape index (κ1) is 14.5. The number of pyridine rings is 1. The van der Waals surface area contributed by atoms with Crippen molar-refractivity contribution < 1.29 is 0 Å². The van der Waals surface area contributed by atoms with Gasteiger partial charge in [0.05, 0.1) is 4.34 Å². The average Bonchev–Trinajstić information content (AvgIpc) is 2.81. The third-order valence-corrected chi connectivity index (χ3v) is 4.38. The van der Waals surface area contributed by atoms with Crippen LogP contribution < -0.4 is 5.32 Å². The van der Waals surface area contributed by atoms with Crippen LogP contribution in [0.3, 0.4) is 0 Å². The number of hydrogen-bond acceptors (Lipinski definition) is 3. The summed E-state index contributed by atoms with van der Waals surface area (Å²) in [5, 5.41) is 3.61. The minimum Gasteiger partial charge on any atom is -0.310 e. The van der Waals surface area contributed by atoms with Crippen molar-refractivity contribution in [3.8, 4) is 0 Å². The lowest BCUT2D eigenvalue weighted by Crippen LogP contribution is -2.24. The second kappa shape index (κ2) is 7.04. The first-order valence-corrected chi connectivity index (χ1v) is 7.78. The molecule has 2 aromatic rings. The van der Waals surface area contributed by atoms with Crippen molar-refractivity contribution in [1.82, 2.24) is 10.3 Å². The summed E-state index contributed by atoms with van der Waals surface area (Å²) in [6.07, 6.45) is 5.90. The van der Waals surface area contributed by atoms with Crippen LogP contribution in [0, 0.1) is 6.92 Å². The van der Waals surface area contributed by atoms with Gasteiger partial charge in [0.1, 0.15) is 0 Å². The van der Waals surface area contributed by atoms with E-state index < -0.39 is 0 Å². The lowest BCUT2D eigenvalue weighted by Gasteiger charge is -2.19. The van der Waals surface area contributed by atoms with Crippen LogP contribution in [0.25, 0.3) is 0 Å². The average molecular weight is 295 g/mol. The zero-order valence-electron chi connectivity index (χ0n) is 11.3. The fraction of sp³-hybridized carbons (Fsp3) is 0.400. The summed E-state index contributed by atoms with van der Waals surface area (Å²) in [4.78, 5) is 5.57. The van der Waals surface area contributed by atoms with E-state index in [1.54, 1.807) is 11.3 Å². The molecule has 0 aliphatic heterocycles. The normalized spacial score (nSPS) is 12.6. The molecule has 0 amide bonds. The molecule has 0 saturated heterocycles. The highest BCUT2D eigenvalue weighted by atomic mass is 35.5. The summed E-state index contributed by atoms with van der Waals surface area (Å²) in [5.41, 5.74) is 2.56. The molecule has 102 valence electrons. The van der Waals surface area contributed by atoms with Gasteiger partial charge in [0, 0.05) is 29.7 Å². The molecular weight excluding hydrogens is 276 g/mol. The molecule has 0 bridgehead atoms. The Balaban J connectivity index is 2.18. The summed E-state index contributed by atoms with van der Waals surface area (Å²) in [7, 11) is 0. The van der Waals surface area contributed by atoms with Gasteiger partial charge in [-0.1, -0.05) is 18.5 Å². The molecule has 0 aliphatic carbocycles. The predicted molar refractivity (Wildman–Crippen MR) is 83.0 cm³/mol. The molecule has 4 heteroatoms. The molecule has 0 fully saturated rings. The molecule has 19 heavy (non-hydrogen) atoms. The van der Waals surface area contributed by atoms with Crippen LogP contribution in [0.2, 0.25) is 4.34 Å². The van der Waals surface area contributed by atoms with Gasteiger partial charge in [0.15, 0.2) is 0 Å². The van der Waals surface area contributed by atoms with Crippen LogP contribution in [0.15, 0.2) is 30.6 Å². The molecular formula is C15H19ClN2S. The van der Waals surface area contributed by atoms with Gasteiger partial charge < -0.3 is 5.32 Å². The molecule has 2 nitrogen and oxygen atoms in total. The van der Waals surface area contributed by atoms with Crippen LogP contribution in [0.5, 0.6) is 0 Å². The summed E-state index contributed by atoms with van der Waals surface area (Å²) in [6.45, 7) is 5.33. The van der Waals surface area contributed by atoms with Gasteiger partial charge in [-0.15, -0.1) is 11.3 Å². The van der Waals surface area contributed by atoms with Crippen LogP contribution in [-0.4, -0.2) is 11.5 Å². The smallest absolute Gasteiger partial charge is 0.0931 e. The van der Waals surface area contributed by atoms with E-state index in [9.17, 15) is 0 Å². The molecule has 0 spiro atoms. The Morgan fingerprint density at radius 3 is 2.84 bits per heavy atom. The molecule has 2 rings (SSSR count). The lowest BCUT2D eigenvalue weighted by molar-refractivity contribution is 0.528. The van der Waals surface area contributed by atoms with Crippen molar-refractivity contribution in [1.29, 1.82) is 0 Å². The van der Waals surface area contributed by atoms with Gasteiger partial charge in [-0.05, 0) is 49.2 Å². The first-order valence-electron chi connectivity index (χ1n) is 6.58. The Labute approximate surface area is 123 Å². The largest absolute Gasteiger partial charge is 0.310 e. The topological polar surface area (TPSA) is 24.9 Å². The Kier molecular flexibility index (Phi) is 5.37. The fourth-order valence-corrected chi connectivity index (χ4v) is 3.25. The summed E-state index contributed by atoms with van der Waals surface area (Å²) < 4.78 is 0.854. The van der Waals surface area contributed by atoms with E-state index in [0.29, 0.717) is 6.04 Å². The molecule has 0 aliphatic rings. The zero-order valence-corrected chi connectivity index (χ0v) is 12.9. The second-order valence-electron chi connectivity index (χ2n) is 4.65. The highest BCUT2D eigenvalue weighted by Crippen LogP contribution is 2.27. The van der Waals surface area contributed by atoms with E-state index in [1.807, 2.05) is 18.5 Å².